The van der Waals surface area contributed by atoms with Crippen LogP contribution in [0, 0.1) is 5.92 Å². The summed E-state index contributed by atoms with van der Waals surface area (Å²) in [5, 5.41) is 2.57. The first-order valence-corrected chi connectivity index (χ1v) is 22.4. The van der Waals surface area contributed by atoms with Crippen molar-refractivity contribution in [3.63, 3.8) is 0 Å². The Morgan fingerprint density at radius 2 is 1.18 bits per heavy atom. The molecule has 2 heteroatoms. The van der Waals surface area contributed by atoms with E-state index >= 15 is 0 Å². The van der Waals surface area contributed by atoms with Gasteiger partial charge in [0.2, 0.25) is 0 Å². The van der Waals surface area contributed by atoms with Gasteiger partial charge in [-0.05, 0) is 128 Å². The molecule has 0 saturated carbocycles. The van der Waals surface area contributed by atoms with Crippen LogP contribution >= 0.6 is 0 Å². The van der Waals surface area contributed by atoms with E-state index in [0.717, 1.165) is 19.3 Å². The fourth-order valence-corrected chi connectivity index (χ4v) is 12.0. The normalized spacial score (nSPS) is 20.0. The predicted octanol–water partition coefficient (Wildman–Crippen LogP) is 14.6. The summed E-state index contributed by atoms with van der Waals surface area (Å²) < 4.78 is 2.45. The standard InChI is InChI=1S/C60H46N2/c1-39-14-13-15-42-36-45(31-34-47(39)42)61(46-32-35-53-52-21-8-12-25-58(52)62(59(53)38-46)43-16-3-2-4-17-43)44-29-26-40(27-30-44)41-28-33-51-50-20-7-11-24-56(50)60(57(51)37-41)54-22-9-5-18-48(54)49-19-6-10-23-55(49)60/h2-13,15-29,31-35,37-39,44-45H,14,30,36H2,1H3. The third-order valence-electron chi connectivity index (χ3n) is 14.7. The van der Waals surface area contributed by atoms with Gasteiger partial charge in [0.25, 0.3) is 0 Å². The molecule has 3 unspecified atom stereocenters. The summed E-state index contributed by atoms with van der Waals surface area (Å²) in [5.41, 5.74) is 21.1. The molecule has 0 radical (unpaired) electrons. The van der Waals surface area contributed by atoms with Crippen LogP contribution in [0.2, 0.25) is 0 Å². The minimum absolute atomic E-state index is 0.186. The van der Waals surface area contributed by atoms with E-state index < -0.39 is 0 Å². The number of anilines is 1. The van der Waals surface area contributed by atoms with Crippen molar-refractivity contribution in [1.82, 2.24) is 4.57 Å². The Labute approximate surface area is 363 Å². The van der Waals surface area contributed by atoms with Crippen molar-refractivity contribution in [3.05, 3.63) is 245 Å². The molecule has 2 nitrogen and oxygen atoms in total. The Hall–Kier alpha value is -7.16. The maximum Gasteiger partial charge on any atom is 0.0725 e. The molecular formula is C60H46N2. The lowest BCUT2D eigenvalue weighted by Crippen LogP contribution is -2.43. The van der Waals surface area contributed by atoms with Crippen molar-refractivity contribution in [1.29, 1.82) is 0 Å². The zero-order chi connectivity index (χ0) is 40.9. The van der Waals surface area contributed by atoms with E-state index in [4.69, 9.17) is 0 Å². The second-order valence-electron chi connectivity index (χ2n) is 17.9. The molecule has 0 aliphatic heterocycles. The van der Waals surface area contributed by atoms with Gasteiger partial charge in [0.1, 0.15) is 0 Å². The molecule has 5 aliphatic carbocycles. The van der Waals surface area contributed by atoms with E-state index in [1.807, 2.05) is 0 Å². The summed E-state index contributed by atoms with van der Waals surface area (Å²) >= 11 is 0. The molecule has 1 spiro atoms. The average Bonchev–Trinajstić information content (AvgIpc) is 3.94. The molecule has 1 heterocycles. The van der Waals surface area contributed by atoms with Gasteiger partial charge >= 0.3 is 0 Å². The zero-order valence-electron chi connectivity index (χ0n) is 34.9. The molecule has 8 aromatic rings. The number of fused-ring (bicyclic) bond motifs is 13. The van der Waals surface area contributed by atoms with Gasteiger partial charge in [-0.1, -0.05) is 177 Å². The second kappa shape index (κ2) is 13.7. The van der Waals surface area contributed by atoms with Crippen LogP contribution in [0.5, 0.6) is 0 Å². The number of nitrogens with zero attached hydrogens (tertiary/aromatic N) is 2. The van der Waals surface area contributed by atoms with Crippen LogP contribution in [-0.4, -0.2) is 16.7 Å². The molecule has 0 N–H and O–H groups in total. The highest BCUT2D eigenvalue weighted by atomic mass is 15.2. The lowest BCUT2D eigenvalue weighted by molar-refractivity contribution is 0.592. The third-order valence-corrected chi connectivity index (χ3v) is 14.7. The summed E-state index contributed by atoms with van der Waals surface area (Å²) in [4.78, 5) is 2.71. The fraction of sp³-hybridized carbons (Fsp3) is 0.133. The van der Waals surface area contributed by atoms with Gasteiger partial charge in [-0.25, -0.2) is 0 Å². The van der Waals surface area contributed by atoms with E-state index in [1.165, 1.54) is 100.0 Å². The van der Waals surface area contributed by atoms with Gasteiger partial charge in [-0.2, -0.15) is 0 Å². The zero-order valence-corrected chi connectivity index (χ0v) is 34.9. The van der Waals surface area contributed by atoms with E-state index in [-0.39, 0.29) is 17.5 Å². The summed E-state index contributed by atoms with van der Waals surface area (Å²) in [6.45, 7) is 2.37. The molecular weight excluding hydrogens is 749 g/mol. The van der Waals surface area contributed by atoms with Crippen LogP contribution in [0.25, 0.3) is 55.3 Å². The Morgan fingerprint density at radius 3 is 1.90 bits per heavy atom. The van der Waals surface area contributed by atoms with Crippen LogP contribution < -0.4 is 4.90 Å². The molecule has 3 atom stereocenters. The minimum Gasteiger partial charge on any atom is -0.358 e. The van der Waals surface area contributed by atoms with Gasteiger partial charge in [0, 0.05) is 22.1 Å². The minimum atomic E-state index is -0.347. The SMILES string of the molecule is CC1CC=CC2=C1C=CC(N(c1ccc3c4ccccc4n(-c4ccccc4)c3c1)C1C=CC(c3ccc4c(c3)C3(c5ccccc5-c5ccccc53)c3ccccc3-4)=CC1)C2. The second-order valence-corrected chi connectivity index (χ2v) is 17.9. The number of benzene rings is 7. The largest absolute Gasteiger partial charge is 0.358 e. The Bertz CT molecular complexity index is 3250. The van der Waals surface area contributed by atoms with Crippen molar-refractivity contribution in [3.8, 4) is 27.9 Å². The maximum atomic E-state index is 2.71. The first-order valence-electron chi connectivity index (χ1n) is 22.4. The molecule has 1 aromatic heterocycles. The lowest BCUT2D eigenvalue weighted by Gasteiger charge is -2.41. The molecule has 7 aromatic carbocycles. The Balaban J connectivity index is 0.916. The number of hydrogen-bond donors (Lipinski definition) is 0. The van der Waals surface area contributed by atoms with Crippen molar-refractivity contribution in [2.75, 3.05) is 4.90 Å². The van der Waals surface area contributed by atoms with E-state index in [9.17, 15) is 0 Å². The summed E-state index contributed by atoms with van der Waals surface area (Å²) in [5.74, 6) is 0.559. The van der Waals surface area contributed by atoms with Gasteiger partial charge in [-0.3, -0.25) is 0 Å². The van der Waals surface area contributed by atoms with Crippen LogP contribution in [0.15, 0.2) is 217 Å². The predicted molar refractivity (Wildman–Crippen MR) is 259 cm³/mol. The molecule has 296 valence electrons. The van der Waals surface area contributed by atoms with Gasteiger partial charge in [0.15, 0.2) is 0 Å². The highest BCUT2D eigenvalue weighted by Gasteiger charge is 2.51. The van der Waals surface area contributed by atoms with Crippen molar-refractivity contribution in [2.45, 2.75) is 43.7 Å². The van der Waals surface area contributed by atoms with Crippen LogP contribution in [0.3, 0.4) is 0 Å². The maximum absolute atomic E-state index is 2.71. The van der Waals surface area contributed by atoms with Crippen LogP contribution in [0.1, 0.15) is 54.0 Å². The molecule has 0 fully saturated rings. The number of aromatic nitrogens is 1. The summed E-state index contributed by atoms with van der Waals surface area (Å²) in [6.07, 6.45) is 20.2. The molecule has 0 saturated heterocycles. The number of rotatable bonds is 5. The number of allylic oxidation sites excluding steroid dienone is 6. The highest BCUT2D eigenvalue weighted by molar-refractivity contribution is 6.10. The summed E-state index contributed by atoms with van der Waals surface area (Å²) in [6, 6.07) is 61.9. The highest BCUT2D eigenvalue weighted by Crippen LogP contribution is 2.63. The summed E-state index contributed by atoms with van der Waals surface area (Å²) in [7, 11) is 0. The smallest absolute Gasteiger partial charge is 0.0725 e. The third kappa shape index (κ3) is 5.04. The molecule has 0 amide bonds. The molecule has 62 heavy (non-hydrogen) atoms. The lowest BCUT2D eigenvalue weighted by atomic mass is 9.70. The Kier molecular flexibility index (Phi) is 7.85. The first-order chi connectivity index (χ1) is 30.7. The Morgan fingerprint density at radius 1 is 0.532 bits per heavy atom. The van der Waals surface area contributed by atoms with Crippen molar-refractivity contribution >= 4 is 33.1 Å². The fourth-order valence-electron chi connectivity index (χ4n) is 12.0. The van der Waals surface area contributed by atoms with Gasteiger partial charge < -0.3 is 9.47 Å². The molecule has 13 rings (SSSR count). The van der Waals surface area contributed by atoms with Crippen LogP contribution in [0.4, 0.5) is 5.69 Å². The van der Waals surface area contributed by atoms with E-state index in [2.05, 4.69) is 223 Å². The average molecular weight is 795 g/mol. The van der Waals surface area contributed by atoms with Gasteiger partial charge in [0.05, 0.1) is 28.5 Å². The molecule has 0 bridgehead atoms. The van der Waals surface area contributed by atoms with Crippen molar-refractivity contribution in [2.24, 2.45) is 5.92 Å². The molecule has 5 aliphatic rings. The van der Waals surface area contributed by atoms with E-state index in [0.29, 0.717) is 5.92 Å². The monoisotopic (exact) mass is 794 g/mol. The topological polar surface area (TPSA) is 8.17 Å². The first kappa shape index (κ1) is 35.6. The van der Waals surface area contributed by atoms with Crippen LogP contribution in [-0.2, 0) is 5.41 Å². The number of para-hydroxylation sites is 2. The van der Waals surface area contributed by atoms with Crippen molar-refractivity contribution < 1.29 is 0 Å². The number of hydrogen-bond acceptors (Lipinski definition) is 1. The van der Waals surface area contributed by atoms with E-state index in [1.54, 1.807) is 0 Å². The van der Waals surface area contributed by atoms with Gasteiger partial charge in [-0.15, -0.1) is 0 Å². The quantitative estimate of drug-likeness (QED) is 0.168.